The summed E-state index contributed by atoms with van der Waals surface area (Å²) in [6.07, 6.45) is 0.599. The highest BCUT2D eigenvalue weighted by Crippen LogP contribution is 2.19. The first kappa shape index (κ1) is 13.5. The molecule has 2 rings (SSSR count). The molecule has 1 aromatic heterocycles. The molecule has 0 aliphatic rings. The molecule has 5 heteroatoms. The maximum absolute atomic E-state index is 5.97. The minimum absolute atomic E-state index is 0.211. The zero-order chi connectivity index (χ0) is 13.8. The molecule has 1 aromatic carbocycles. The van der Waals surface area contributed by atoms with Gasteiger partial charge in [0.15, 0.2) is 0 Å². The van der Waals surface area contributed by atoms with E-state index >= 15 is 0 Å². The molecule has 5 nitrogen and oxygen atoms in total. The van der Waals surface area contributed by atoms with Gasteiger partial charge in [-0.05, 0) is 23.6 Å². The molecule has 0 spiro atoms. The van der Waals surface area contributed by atoms with Crippen LogP contribution in [-0.4, -0.2) is 17.3 Å². The molecule has 1 atom stereocenters. The second kappa shape index (κ2) is 5.84. The summed E-state index contributed by atoms with van der Waals surface area (Å²) in [6.45, 7) is 4.05. The van der Waals surface area contributed by atoms with Crippen molar-refractivity contribution < 1.29 is 9.15 Å². The van der Waals surface area contributed by atoms with Crippen molar-refractivity contribution in [2.75, 3.05) is 7.11 Å². The summed E-state index contributed by atoms with van der Waals surface area (Å²) in [6, 6.07) is 7.56. The number of nitrogens with two attached hydrogens (primary N) is 1. The zero-order valence-electron chi connectivity index (χ0n) is 11.5. The summed E-state index contributed by atoms with van der Waals surface area (Å²) in [5.74, 6) is 2.18. The van der Waals surface area contributed by atoms with Crippen molar-refractivity contribution in [1.29, 1.82) is 0 Å². The van der Waals surface area contributed by atoms with Crippen LogP contribution in [0.25, 0.3) is 0 Å². The van der Waals surface area contributed by atoms with Crippen molar-refractivity contribution in [3.63, 3.8) is 0 Å². The van der Waals surface area contributed by atoms with Crippen molar-refractivity contribution in [3.05, 3.63) is 41.6 Å². The molecular weight excluding hydrogens is 242 g/mol. The van der Waals surface area contributed by atoms with Crippen LogP contribution in [0.2, 0.25) is 0 Å². The van der Waals surface area contributed by atoms with E-state index in [0.717, 1.165) is 11.3 Å². The van der Waals surface area contributed by atoms with Crippen LogP contribution in [0.5, 0.6) is 5.75 Å². The monoisotopic (exact) mass is 261 g/mol. The van der Waals surface area contributed by atoms with E-state index in [1.54, 1.807) is 7.11 Å². The third-order valence-electron chi connectivity index (χ3n) is 3.00. The highest BCUT2D eigenvalue weighted by molar-refractivity contribution is 5.28. The molecule has 2 aromatic rings. The van der Waals surface area contributed by atoms with E-state index < -0.39 is 0 Å². The Morgan fingerprint density at radius 3 is 2.47 bits per heavy atom. The lowest BCUT2D eigenvalue weighted by Gasteiger charge is -2.09. The number of hydrogen-bond acceptors (Lipinski definition) is 5. The van der Waals surface area contributed by atoms with Gasteiger partial charge >= 0.3 is 0 Å². The predicted octanol–water partition coefficient (Wildman–Crippen LogP) is 2.32. The predicted molar refractivity (Wildman–Crippen MR) is 71.9 cm³/mol. The van der Waals surface area contributed by atoms with E-state index in [1.165, 1.54) is 0 Å². The summed E-state index contributed by atoms with van der Waals surface area (Å²) < 4.78 is 10.7. The summed E-state index contributed by atoms with van der Waals surface area (Å²) in [5.41, 5.74) is 7.06. The molecule has 1 heterocycles. The fourth-order valence-electron chi connectivity index (χ4n) is 1.68. The van der Waals surface area contributed by atoms with Crippen LogP contribution >= 0.6 is 0 Å². The Balaban J connectivity index is 2.06. The summed E-state index contributed by atoms with van der Waals surface area (Å²) in [4.78, 5) is 0. The van der Waals surface area contributed by atoms with Gasteiger partial charge in [0.05, 0.1) is 19.6 Å². The summed E-state index contributed by atoms with van der Waals surface area (Å²) in [5, 5.41) is 8.03. The topological polar surface area (TPSA) is 74.2 Å². The second-order valence-corrected chi connectivity index (χ2v) is 4.83. The third-order valence-corrected chi connectivity index (χ3v) is 3.00. The minimum Gasteiger partial charge on any atom is -0.497 e. The van der Waals surface area contributed by atoms with Crippen molar-refractivity contribution in [1.82, 2.24) is 10.2 Å². The third kappa shape index (κ3) is 3.32. The van der Waals surface area contributed by atoms with Gasteiger partial charge in [0.25, 0.3) is 0 Å². The number of hydrogen-bond donors (Lipinski definition) is 1. The van der Waals surface area contributed by atoms with Crippen molar-refractivity contribution in [2.24, 2.45) is 11.7 Å². The van der Waals surface area contributed by atoms with Gasteiger partial charge in [0.2, 0.25) is 11.8 Å². The smallest absolute Gasteiger partial charge is 0.233 e. The fourth-order valence-corrected chi connectivity index (χ4v) is 1.68. The summed E-state index contributed by atoms with van der Waals surface area (Å²) >= 11 is 0. The lowest BCUT2D eigenvalue weighted by atomic mass is 10.1. The Labute approximate surface area is 112 Å². The highest BCUT2D eigenvalue weighted by Gasteiger charge is 2.17. The molecular formula is C14H19N3O2. The molecule has 0 fully saturated rings. The first-order chi connectivity index (χ1) is 9.10. The number of aromatic nitrogens is 2. The van der Waals surface area contributed by atoms with E-state index in [9.17, 15) is 0 Å². The SMILES string of the molecule is COc1ccc(Cc2nnc(C(N)C(C)C)o2)cc1. The zero-order valence-corrected chi connectivity index (χ0v) is 11.5. The van der Waals surface area contributed by atoms with Crippen LogP contribution in [0, 0.1) is 5.92 Å². The van der Waals surface area contributed by atoms with E-state index in [2.05, 4.69) is 10.2 Å². The molecule has 0 amide bonds. The molecule has 0 saturated carbocycles. The van der Waals surface area contributed by atoms with Crippen LogP contribution in [0.15, 0.2) is 28.7 Å². The molecule has 0 radical (unpaired) electrons. The average Bonchev–Trinajstić information content (AvgIpc) is 2.87. The van der Waals surface area contributed by atoms with Gasteiger partial charge in [-0.2, -0.15) is 0 Å². The normalized spacial score (nSPS) is 12.7. The first-order valence-electron chi connectivity index (χ1n) is 6.31. The molecule has 0 saturated heterocycles. The average molecular weight is 261 g/mol. The Hall–Kier alpha value is -1.88. The standard InChI is InChI=1S/C14H19N3O2/c1-9(2)13(15)14-17-16-12(19-14)8-10-4-6-11(18-3)7-5-10/h4-7,9,13H,8,15H2,1-3H3. The largest absolute Gasteiger partial charge is 0.497 e. The lowest BCUT2D eigenvalue weighted by molar-refractivity contribution is 0.374. The maximum atomic E-state index is 5.97. The molecule has 2 N–H and O–H groups in total. The maximum Gasteiger partial charge on any atom is 0.233 e. The van der Waals surface area contributed by atoms with Crippen molar-refractivity contribution in [3.8, 4) is 5.75 Å². The van der Waals surface area contributed by atoms with E-state index in [1.807, 2.05) is 38.1 Å². The molecule has 0 bridgehead atoms. The van der Waals surface area contributed by atoms with E-state index in [-0.39, 0.29) is 12.0 Å². The van der Waals surface area contributed by atoms with Gasteiger partial charge in [-0.3, -0.25) is 0 Å². The molecule has 0 aliphatic carbocycles. The molecule has 102 valence electrons. The molecule has 1 unspecified atom stereocenters. The number of ether oxygens (including phenoxy) is 1. The Bertz CT molecular complexity index is 520. The van der Waals surface area contributed by atoms with Crippen LogP contribution in [0.4, 0.5) is 0 Å². The van der Waals surface area contributed by atoms with Crippen molar-refractivity contribution in [2.45, 2.75) is 26.3 Å². The quantitative estimate of drug-likeness (QED) is 0.894. The van der Waals surface area contributed by atoms with Crippen molar-refractivity contribution >= 4 is 0 Å². The van der Waals surface area contributed by atoms with E-state index in [4.69, 9.17) is 14.9 Å². The van der Waals surface area contributed by atoms with Gasteiger partial charge in [0.1, 0.15) is 5.75 Å². The Morgan fingerprint density at radius 2 is 1.89 bits per heavy atom. The number of benzene rings is 1. The summed E-state index contributed by atoms with van der Waals surface area (Å²) in [7, 11) is 1.65. The Kier molecular flexibility index (Phi) is 4.16. The minimum atomic E-state index is -0.211. The lowest BCUT2D eigenvalue weighted by Crippen LogP contribution is -2.16. The number of nitrogens with zero attached hydrogens (tertiary/aromatic N) is 2. The van der Waals surface area contributed by atoms with Gasteiger partial charge in [-0.1, -0.05) is 26.0 Å². The number of rotatable bonds is 5. The molecule has 0 aliphatic heterocycles. The fraction of sp³-hybridized carbons (Fsp3) is 0.429. The second-order valence-electron chi connectivity index (χ2n) is 4.83. The highest BCUT2D eigenvalue weighted by atomic mass is 16.5. The van der Waals surface area contributed by atoms with Gasteiger partial charge < -0.3 is 14.9 Å². The Morgan fingerprint density at radius 1 is 1.21 bits per heavy atom. The van der Waals surface area contributed by atoms with Crippen LogP contribution in [0.1, 0.15) is 37.2 Å². The van der Waals surface area contributed by atoms with E-state index in [0.29, 0.717) is 18.2 Å². The van der Waals surface area contributed by atoms with Gasteiger partial charge in [-0.15, -0.1) is 10.2 Å². The van der Waals surface area contributed by atoms with Crippen LogP contribution in [-0.2, 0) is 6.42 Å². The first-order valence-corrected chi connectivity index (χ1v) is 6.31. The molecule has 19 heavy (non-hydrogen) atoms. The van der Waals surface area contributed by atoms with Crippen LogP contribution in [0.3, 0.4) is 0 Å². The number of methoxy groups -OCH3 is 1. The van der Waals surface area contributed by atoms with Crippen LogP contribution < -0.4 is 10.5 Å². The van der Waals surface area contributed by atoms with Gasteiger partial charge in [0, 0.05) is 0 Å². The van der Waals surface area contributed by atoms with Gasteiger partial charge in [-0.25, -0.2) is 0 Å².